The molecule has 0 amide bonds. The fourth-order valence-corrected chi connectivity index (χ4v) is 2.06. The molecule has 2 heterocycles. The Morgan fingerprint density at radius 1 is 1.65 bits per heavy atom. The molecule has 92 valence electrons. The molecule has 17 heavy (non-hydrogen) atoms. The van der Waals surface area contributed by atoms with Crippen LogP contribution >= 0.6 is 0 Å². The van der Waals surface area contributed by atoms with Crippen molar-refractivity contribution >= 4 is 11.8 Å². The van der Waals surface area contributed by atoms with Gasteiger partial charge in [-0.2, -0.15) is 0 Å². The summed E-state index contributed by atoms with van der Waals surface area (Å²) in [6.07, 6.45) is 3.78. The van der Waals surface area contributed by atoms with Crippen molar-refractivity contribution in [2.75, 3.05) is 18.0 Å². The van der Waals surface area contributed by atoms with E-state index >= 15 is 0 Å². The number of anilines is 1. The molecular formula is C11H15N3O3. The quantitative estimate of drug-likeness (QED) is 0.811. The molecule has 6 nitrogen and oxygen atoms in total. The lowest BCUT2D eigenvalue weighted by Gasteiger charge is -2.16. The van der Waals surface area contributed by atoms with Gasteiger partial charge in [-0.25, -0.2) is 4.98 Å². The highest BCUT2D eigenvalue weighted by atomic mass is 16.4. The summed E-state index contributed by atoms with van der Waals surface area (Å²) in [7, 11) is 0. The van der Waals surface area contributed by atoms with E-state index in [1.807, 2.05) is 6.92 Å². The molecule has 6 heteroatoms. The smallest absolute Gasteiger partial charge is 0.308 e. The predicted molar refractivity (Wildman–Crippen MR) is 62.1 cm³/mol. The molecule has 1 saturated heterocycles. The van der Waals surface area contributed by atoms with E-state index in [0.717, 1.165) is 0 Å². The van der Waals surface area contributed by atoms with Crippen LogP contribution in [0, 0.1) is 5.92 Å². The Kier molecular flexibility index (Phi) is 3.12. The molecule has 1 aromatic heterocycles. The summed E-state index contributed by atoms with van der Waals surface area (Å²) in [6.45, 7) is 3.41. The molecule has 0 aromatic carbocycles. The van der Waals surface area contributed by atoms with Gasteiger partial charge in [0.1, 0.15) is 0 Å². The summed E-state index contributed by atoms with van der Waals surface area (Å²) < 4.78 is 1.57. The molecule has 1 aliphatic rings. The van der Waals surface area contributed by atoms with Gasteiger partial charge >= 0.3 is 5.97 Å². The van der Waals surface area contributed by atoms with E-state index in [9.17, 15) is 9.59 Å². The summed E-state index contributed by atoms with van der Waals surface area (Å²) in [4.78, 5) is 28.7. The fourth-order valence-electron chi connectivity index (χ4n) is 2.06. The number of hydrogen-bond acceptors (Lipinski definition) is 4. The lowest BCUT2D eigenvalue weighted by molar-refractivity contribution is -0.140. The Balaban J connectivity index is 2.25. The van der Waals surface area contributed by atoms with E-state index in [2.05, 4.69) is 4.98 Å². The normalized spacial score (nSPS) is 19.6. The Labute approximate surface area is 98.5 Å². The third kappa shape index (κ3) is 2.15. The van der Waals surface area contributed by atoms with Gasteiger partial charge in [-0.05, 0) is 13.3 Å². The van der Waals surface area contributed by atoms with Crippen molar-refractivity contribution in [1.29, 1.82) is 0 Å². The Bertz CT molecular complexity index is 483. The lowest BCUT2D eigenvalue weighted by Crippen LogP contribution is -2.32. The fraction of sp³-hybridized carbons (Fsp3) is 0.545. The van der Waals surface area contributed by atoms with Gasteiger partial charge in [-0.3, -0.25) is 9.59 Å². The summed E-state index contributed by atoms with van der Waals surface area (Å²) in [6, 6.07) is 0. The zero-order valence-corrected chi connectivity index (χ0v) is 9.67. The first-order valence-corrected chi connectivity index (χ1v) is 5.66. The van der Waals surface area contributed by atoms with Gasteiger partial charge in [0.15, 0.2) is 5.82 Å². The molecule has 0 saturated carbocycles. The number of carboxylic acids is 1. The van der Waals surface area contributed by atoms with Gasteiger partial charge in [0.05, 0.1) is 5.92 Å². The molecule has 0 aliphatic carbocycles. The van der Waals surface area contributed by atoms with Crippen molar-refractivity contribution in [2.45, 2.75) is 19.9 Å². The summed E-state index contributed by atoms with van der Waals surface area (Å²) >= 11 is 0. The van der Waals surface area contributed by atoms with Gasteiger partial charge in [0.25, 0.3) is 5.56 Å². The van der Waals surface area contributed by atoms with Crippen LogP contribution in [-0.4, -0.2) is 33.7 Å². The average molecular weight is 237 g/mol. The maximum absolute atomic E-state index is 12.0. The molecule has 0 bridgehead atoms. The van der Waals surface area contributed by atoms with E-state index in [1.54, 1.807) is 21.9 Å². The second kappa shape index (κ2) is 4.57. The molecule has 0 spiro atoms. The van der Waals surface area contributed by atoms with Crippen molar-refractivity contribution in [3.63, 3.8) is 0 Å². The topological polar surface area (TPSA) is 75.4 Å². The predicted octanol–water partition coefficient (Wildman–Crippen LogP) is 0.174. The molecule has 1 fully saturated rings. The third-order valence-electron chi connectivity index (χ3n) is 3.07. The van der Waals surface area contributed by atoms with E-state index in [1.165, 1.54) is 0 Å². The first-order valence-electron chi connectivity index (χ1n) is 5.66. The number of aromatic nitrogens is 2. The monoisotopic (exact) mass is 237 g/mol. The molecule has 1 N–H and O–H groups in total. The number of aryl methyl sites for hydroxylation is 1. The second-order valence-corrected chi connectivity index (χ2v) is 4.11. The molecular weight excluding hydrogens is 222 g/mol. The maximum Gasteiger partial charge on any atom is 0.308 e. The highest BCUT2D eigenvalue weighted by Crippen LogP contribution is 2.19. The van der Waals surface area contributed by atoms with Gasteiger partial charge in [0.2, 0.25) is 0 Å². The van der Waals surface area contributed by atoms with E-state index in [0.29, 0.717) is 31.9 Å². The van der Waals surface area contributed by atoms with Crippen LogP contribution in [0.3, 0.4) is 0 Å². The summed E-state index contributed by atoms with van der Waals surface area (Å²) in [5.74, 6) is -0.844. The molecule has 1 unspecified atom stereocenters. The molecule has 1 aromatic rings. The minimum atomic E-state index is -0.806. The van der Waals surface area contributed by atoms with Crippen LogP contribution in [0.5, 0.6) is 0 Å². The van der Waals surface area contributed by atoms with Gasteiger partial charge in [-0.1, -0.05) is 0 Å². The van der Waals surface area contributed by atoms with Crippen molar-refractivity contribution in [1.82, 2.24) is 9.55 Å². The van der Waals surface area contributed by atoms with Crippen LogP contribution < -0.4 is 10.5 Å². The zero-order chi connectivity index (χ0) is 12.4. The molecule has 0 radical (unpaired) electrons. The van der Waals surface area contributed by atoms with Crippen molar-refractivity contribution < 1.29 is 9.90 Å². The van der Waals surface area contributed by atoms with Crippen LogP contribution in [0.2, 0.25) is 0 Å². The SMILES string of the molecule is CCn1ccnc(N2CCC(C(=O)O)C2)c1=O. The average Bonchev–Trinajstić information content (AvgIpc) is 2.78. The largest absolute Gasteiger partial charge is 0.481 e. The van der Waals surface area contributed by atoms with Gasteiger partial charge in [0, 0.05) is 32.0 Å². The number of rotatable bonds is 3. The van der Waals surface area contributed by atoms with Gasteiger partial charge < -0.3 is 14.6 Å². The number of aliphatic carboxylic acids is 1. The number of carbonyl (C=O) groups is 1. The summed E-state index contributed by atoms with van der Waals surface area (Å²) in [5.41, 5.74) is -0.152. The third-order valence-corrected chi connectivity index (χ3v) is 3.07. The van der Waals surface area contributed by atoms with Crippen molar-refractivity contribution in [2.24, 2.45) is 5.92 Å². The standard InChI is InChI=1S/C11H15N3O3/c1-2-13-6-4-12-9(10(13)15)14-5-3-8(7-14)11(16)17/h4,6,8H,2-3,5,7H2,1H3,(H,16,17). The van der Waals surface area contributed by atoms with Crippen LogP contribution in [0.15, 0.2) is 17.2 Å². The molecule has 2 rings (SSSR count). The zero-order valence-electron chi connectivity index (χ0n) is 9.67. The van der Waals surface area contributed by atoms with Crippen molar-refractivity contribution in [3.05, 3.63) is 22.7 Å². The molecule has 1 aliphatic heterocycles. The minimum absolute atomic E-state index is 0.152. The van der Waals surface area contributed by atoms with E-state index in [-0.39, 0.29) is 5.56 Å². The first kappa shape index (κ1) is 11.6. The van der Waals surface area contributed by atoms with E-state index in [4.69, 9.17) is 5.11 Å². The van der Waals surface area contributed by atoms with E-state index < -0.39 is 11.9 Å². The Hall–Kier alpha value is -1.85. The number of hydrogen-bond donors (Lipinski definition) is 1. The van der Waals surface area contributed by atoms with Crippen LogP contribution in [0.4, 0.5) is 5.82 Å². The van der Waals surface area contributed by atoms with Crippen LogP contribution in [-0.2, 0) is 11.3 Å². The lowest BCUT2D eigenvalue weighted by atomic mass is 10.1. The highest BCUT2D eigenvalue weighted by Gasteiger charge is 2.30. The highest BCUT2D eigenvalue weighted by molar-refractivity contribution is 5.71. The van der Waals surface area contributed by atoms with Crippen LogP contribution in [0.25, 0.3) is 0 Å². The Morgan fingerprint density at radius 3 is 3.00 bits per heavy atom. The van der Waals surface area contributed by atoms with Crippen LogP contribution in [0.1, 0.15) is 13.3 Å². The number of carboxylic acid groups (broad SMARTS) is 1. The minimum Gasteiger partial charge on any atom is -0.481 e. The maximum atomic E-state index is 12.0. The molecule has 1 atom stereocenters. The van der Waals surface area contributed by atoms with Crippen molar-refractivity contribution in [3.8, 4) is 0 Å². The number of nitrogens with zero attached hydrogens (tertiary/aromatic N) is 3. The summed E-state index contributed by atoms with van der Waals surface area (Å²) in [5, 5.41) is 8.92. The van der Waals surface area contributed by atoms with Gasteiger partial charge in [-0.15, -0.1) is 0 Å². The Morgan fingerprint density at radius 2 is 2.41 bits per heavy atom. The second-order valence-electron chi connectivity index (χ2n) is 4.11. The first-order chi connectivity index (χ1) is 8.13.